The lowest BCUT2D eigenvalue weighted by molar-refractivity contribution is -0.138. The monoisotopic (exact) mass is 227 g/mol. The number of aromatic carboxylic acids is 1. The van der Waals surface area contributed by atoms with Gasteiger partial charge in [-0.2, -0.15) is 0 Å². The minimum absolute atomic E-state index is 0.0277. The Morgan fingerprint density at radius 1 is 1.38 bits per heavy atom. The van der Waals surface area contributed by atoms with Crippen molar-refractivity contribution in [1.29, 1.82) is 0 Å². The van der Waals surface area contributed by atoms with Crippen molar-refractivity contribution in [3.05, 3.63) is 33.9 Å². The lowest BCUT2D eigenvalue weighted by Gasteiger charge is -2.04. The summed E-state index contributed by atoms with van der Waals surface area (Å²) in [6.45, 7) is 0. The van der Waals surface area contributed by atoms with Crippen molar-refractivity contribution in [2.75, 3.05) is 0 Å². The first-order valence-electron chi connectivity index (χ1n) is 4.26. The molecule has 0 aromatic carbocycles. The molecular weight excluding hydrogens is 218 g/mol. The van der Waals surface area contributed by atoms with Gasteiger partial charge in [0.1, 0.15) is 6.04 Å². The third-order valence-electron chi connectivity index (χ3n) is 1.87. The Labute approximate surface area is 89.1 Å². The first-order valence-corrected chi connectivity index (χ1v) is 4.26. The van der Waals surface area contributed by atoms with E-state index in [9.17, 15) is 14.4 Å². The lowest BCUT2D eigenvalue weighted by Crippen LogP contribution is -2.34. The zero-order valence-electron chi connectivity index (χ0n) is 8.04. The van der Waals surface area contributed by atoms with Crippen LogP contribution in [0.1, 0.15) is 16.1 Å². The Morgan fingerprint density at radius 2 is 2.00 bits per heavy atom. The molecule has 4 N–H and O–H groups in total. The van der Waals surface area contributed by atoms with E-state index in [0.29, 0.717) is 0 Å². The summed E-state index contributed by atoms with van der Waals surface area (Å²) in [5, 5.41) is 17.0. The van der Waals surface area contributed by atoms with Gasteiger partial charge in [-0.25, -0.2) is 9.59 Å². The quantitative estimate of drug-likeness (QED) is 0.619. The van der Waals surface area contributed by atoms with Crippen LogP contribution in [0, 0.1) is 0 Å². The molecule has 0 bridgehead atoms. The summed E-state index contributed by atoms with van der Waals surface area (Å²) in [7, 11) is 0. The standard InChI is InChI=1S/C9H9NO6/c10-5(7(11)12)3-4-1-2-6(8(13)14)16-9(4)15/h1-2,5H,3,10H2,(H,11,12)(H,13,14)/t5-/m1/s1. The minimum Gasteiger partial charge on any atom is -0.480 e. The van der Waals surface area contributed by atoms with Crippen LogP contribution in [0.15, 0.2) is 21.3 Å². The van der Waals surface area contributed by atoms with Gasteiger partial charge in [0.25, 0.3) is 0 Å². The van der Waals surface area contributed by atoms with Crippen LogP contribution in [0.25, 0.3) is 0 Å². The van der Waals surface area contributed by atoms with E-state index in [1.54, 1.807) is 0 Å². The highest BCUT2D eigenvalue weighted by molar-refractivity contribution is 5.84. The van der Waals surface area contributed by atoms with E-state index >= 15 is 0 Å². The maximum absolute atomic E-state index is 11.2. The molecule has 0 spiro atoms. The third kappa shape index (κ3) is 2.67. The van der Waals surface area contributed by atoms with E-state index in [1.165, 1.54) is 6.07 Å². The summed E-state index contributed by atoms with van der Waals surface area (Å²) < 4.78 is 4.45. The van der Waals surface area contributed by atoms with E-state index in [2.05, 4.69) is 4.42 Å². The van der Waals surface area contributed by atoms with E-state index in [0.717, 1.165) is 6.07 Å². The zero-order chi connectivity index (χ0) is 12.3. The Balaban J connectivity index is 2.96. The molecule has 1 aromatic heterocycles. The molecule has 0 saturated carbocycles. The highest BCUT2D eigenvalue weighted by atomic mass is 16.4. The van der Waals surface area contributed by atoms with Crippen molar-refractivity contribution < 1.29 is 24.2 Å². The number of carboxylic acid groups (broad SMARTS) is 2. The van der Waals surface area contributed by atoms with Crippen LogP contribution in [0.2, 0.25) is 0 Å². The first-order chi connectivity index (χ1) is 7.41. The van der Waals surface area contributed by atoms with Gasteiger partial charge in [-0.15, -0.1) is 0 Å². The molecular formula is C9H9NO6. The van der Waals surface area contributed by atoms with Crippen LogP contribution < -0.4 is 11.4 Å². The summed E-state index contributed by atoms with van der Waals surface area (Å²) in [5.74, 6) is -3.12. The number of rotatable bonds is 4. The minimum atomic E-state index is -1.37. The largest absolute Gasteiger partial charge is 0.480 e. The van der Waals surface area contributed by atoms with E-state index in [-0.39, 0.29) is 12.0 Å². The Bertz CT molecular complexity index is 477. The second-order valence-electron chi connectivity index (χ2n) is 3.07. The molecule has 1 rings (SSSR count). The third-order valence-corrected chi connectivity index (χ3v) is 1.87. The molecule has 0 radical (unpaired) electrons. The molecule has 0 saturated heterocycles. The molecule has 86 valence electrons. The second-order valence-corrected chi connectivity index (χ2v) is 3.07. The molecule has 0 aliphatic carbocycles. The lowest BCUT2D eigenvalue weighted by atomic mass is 10.1. The summed E-state index contributed by atoms with van der Waals surface area (Å²) >= 11 is 0. The molecule has 0 fully saturated rings. The Morgan fingerprint density at radius 3 is 2.44 bits per heavy atom. The molecule has 1 atom stereocenters. The fraction of sp³-hybridized carbons (Fsp3) is 0.222. The number of hydrogen-bond acceptors (Lipinski definition) is 5. The van der Waals surface area contributed by atoms with E-state index < -0.39 is 29.4 Å². The van der Waals surface area contributed by atoms with Gasteiger partial charge in [-0.05, 0) is 12.1 Å². The maximum atomic E-state index is 11.2. The van der Waals surface area contributed by atoms with Gasteiger partial charge < -0.3 is 20.4 Å². The van der Waals surface area contributed by atoms with Crippen molar-refractivity contribution in [3.63, 3.8) is 0 Å². The number of hydrogen-bond donors (Lipinski definition) is 3. The highest BCUT2D eigenvalue weighted by Crippen LogP contribution is 2.01. The predicted octanol–water partition coefficient (Wildman–Crippen LogP) is -0.708. The molecule has 0 aliphatic rings. The fourth-order valence-electron chi connectivity index (χ4n) is 1.03. The van der Waals surface area contributed by atoms with Gasteiger partial charge in [0, 0.05) is 12.0 Å². The number of aliphatic carboxylic acids is 1. The molecule has 16 heavy (non-hydrogen) atoms. The summed E-state index contributed by atoms with van der Waals surface area (Å²) in [5.41, 5.74) is 4.35. The zero-order valence-corrected chi connectivity index (χ0v) is 8.04. The SMILES string of the molecule is N[C@H](Cc1ccc(C(=O)O)oc1=O)C(=O)O. The summed E-state index contributed by atoms with van der Waals surface area (Å²) in [4.78, 5) is 32.1. The van der Waals surface area contributed by atoms with Gasteiger partial charge in [-0.3, -0.25) is 4.79 Å². The van der Waals surface area contributed by atoms with Crippen LogP contribution >= 0.6 is 0 Å². The average Bonchev–Trinajstić information content (AvgIpc) is 2.20. The number of nitrogens with two attached hydrogens (primary N) is 1. The van der Waals surface area contributed by atoms with E-state index in [1.807, 2.05) is 0 Å². The molecule has 1 aromatic rings. The normalized spacial score (nSPS) is 12.1. The van der Waals surface area contributed by atoms with Crippen LogP contribution in [-0.4, -0.2) is 28.2 Å². The average molecular weight is 227 g/mol. The van der Waals surface area contributed by atoms with Crippen molar-refractivity contribution in [2.45, 2.75) is 12.5 Å². The molecule has 0 amide bonds. The van der Waals surface area contributed by atoms with Gasteiger partial charge in [0.15, 0.2) is 0 Å². The van der Waals surface area contributed by atoms with Gasteiger partial charge in [-0.1, -0.05) is 0 Å². The topological polar surface area (TPSA) is 131 Å². The second kappa shape index (κ2) is 4.58. The summed E-state index contributed by atoms with van der Waals surface area (Å²) in [6, 6.07) is 1.05. The first kappa shape index (κ1) is 11.9. The van der Waals surface area contributed by atoms with Crippen molar-refractivity contribution in [1.82, 2.24) is 0 Å². The Hall–Kier alpha value is -2.15. The molecule has 7 nitrogen and oxygen atoms in total. The van der Waals surface area contributed by atoms with Crippen LogP contribution in [0.3, 0.4) is 0 Å². The Kier molecular flexibility index (Phi) is 3.41. The molecule has 0 aliphatic heterocycles. The maximum Gasteiger partial charge on any atom is 0.371 e. The van der Waals surface area contributed by atoms with E-state index in [4.69, 9.17) is 15.9 Å². The van der Waals surface area contributed by atoms with Gasteiger partial charge in [0.2, 0.25) is 5.76 Å². The van der Waals surface area contributed by atoms with Crippen molar-refractivity contribution >= 4 is 11.9 Å². The molecule has 7 heteroatoms. The van der Waals surface area contributed by atoms with Gasteiger partial charge >= 0.3 is 17.6 Å². The molecule has 1 heterocycles. The predicted molar refractivity (Wildman–Crippen MR) is 51.3 cm³/mol. The smallest absolute Gasteiger partial charge is 0.371 e. The van der Waals surface area contributed by atoms with Crippen LogP contribution in [0.4, 0.5) is 0 Å². The van der Waals surface area contributed by atoms with Crippen LogP contribution in [0.5, 0.6) is 0 Å². The summed E-state index contributed by atoms with van der Waals surface area (Å²) in [6.07, 6.45) is -0.211. The van der Waals surface area contributed by atoms with Gasteiger partial charge in [0.05, 0.1) is 0 Å². The number of carboxylic acids is 2. The fourth-order valence-corrected chi connectivity index (χ4v) is 1.03. The molecule has 0 unspecified atom stereocenters. The highest BCUT2D eigenvalue weighted by Gasteiger charge is 2.16. The van der Waals surface area contributed by atoms with Crippen molar-refractivity contribution in [3.8, 4) is 0 Å². The number of carbonyl (C=O) groups is 2. The van der Waals surface area contributed by atoms with Crippen molar-refractivity contribution in [2.24, 2.45) is 5.73 Å². The van der Waals surface area contributed by atoms with Crippen LogP contribution in [-0.2, 0) is 11.2 Å².